The number of piperidine rings is 1. The van der Waals surface area contributed by atoms with Crippen LogP contribution in [0.2, 0.25) is 0 Å². The van der Waals surface area contributed by atoms with Gasteiger partial charge in [0.05, 0.1) is 0 Å². The summed E-state index contributed by atoms with van der Waals surface area (Å²) in [5.41, 5.74) is 2.89. The second-order valence-corrected chi connectivity index (χ2v) is 8.04. The molecule has 0 aromatic heterocycles. The third-order valence-corrected chi connectivity index (χ3v) is 5.91. The van der Waals surface area contributed by atoms with E-state index in [0.29, 0.717) is 12.0 Å². The molecule has 2 aromatic carbocycles. The molecule has 2 saturated heterocycles. The Kier molecular flexibility index (Phi) is 6.25. The quantitative estimate of drug-likeness (QED) is 0.822. The van der Waals surface area contributed by atoms with Crippen molar-refractivity contribution in [3.63, 3.8) is 0 Å². The van der Waals surface area contributed by atoms with Gasteiger partial charge in [-0.05, 0) is 62.1 Å². The van der Waals surface area contributed by atoms with Crippen molar-refractivity contribution in [1.82, 2.24) is 10.2 Å². The van der Waals surface area contributed by atoms with Crippen LogP contribution < -0.4 is 10.2 Å². The smallest absolute Gasteiger partial charge is 0.251 e. The summed E-state index contributed by atoms with van der Waals surface area (Å²) in [6.45, 7) is 3.79. The third kappa shape index (κ3) is 5.04. The predicted molar refractivity (Wildman–Crippen MR) is 115 cm³/mol. The Morgan fingerprint density at radius 2 is 1.79 bits per heavy atom. The van der Waals surface area contributed by atoms with Gasteiger partial charge in [0.15, 0.2) is 0 Å². The van der Waals surface area contributed by atoms with Gasteiger partial charge in [-0.15, -0.1) is 0 Å². The van der Waals surface area contributed by atoms with Gasteiger partial charge in [0.1, 0.15) is 0 Å². The van der Waals surface area contributed by atoms with E-state index in [9.17, 15) is 9.59 Å². The molecular weight excluding hydrogens is 362 g/mol. The zero-order valence-corrected chi connectivity index (χ0v) is 16.8. The Balaban J connectivity index is 1.29. The number of likely N-dealkylation sites (tertiary alicyclic amines) is 1. The third-order valence-electron chi connectivity index (χ3n) is 5.91. The van der Waals surface area contributed by atoms with Crippen LogP contribution in [0, 0.1) is 0 Å². The second-order valence-electron chi connectivity index (χ2n) is 8.04. The molecule has 0 spiro atoms. The molecule has 0 saturated carbocycles. The molecule has 2 aliphatic rings. The molecule has 0 aliphatic carbocycles. The van der Waals surface area contributed by atoms with Gasteiger partial charge < -0.3 is 15.1 Å². The Bertz CT molecular complexity index is 835. The van der Waals surface area contributed by atoms with E-state index in [1.165, 1.54) is 5.56 Å². The molecule has 5 heteroatoms. The lowest BCUT2D eigenvalue weighted by Gasteiger charge is -2.33. The molecule has 2 aliphatic heterocycles. The largest absolute Gasteiger partial charge is 0.348 e. The number of amides is 2. The Labute approximate surface area is 172 Å². The SMILES string of the molecule is O=C(N[C@H]1CCCN(CCc2ccccc2)C1)c1ccc(N2CCCC2=O)cc1. The summed E-state index contributed by atoms with van der Waals surface area (Å²) in [6.07, 6.45) is 4.69. The van der Waals surface area contributed by atoms with Gasteiger partial charge in [-0.25, -0.2) is 0 Å². The maximum absolute atomic E-state index is 12.7. The first-order chi connectivity index (χ1) is 14.2. The maximum atomic E-state index is 12.7. The molecule has 0 radical (unpaired) electrons. The molecule has 4 rings (SSSR count). The minimum atomic E-state index is -0.0285. The fourth-order valence-corrected chi connectivity index (χ4v) is 4.29. The van der Waals surface area contributed by atoms with Crippen LogP contribution in [0.5, 0.6) is 0 Å². The zero-order chi connectivity index (χ0) is 20.1. The van der Waals surface area contributed by atoms with Crippen LogP contribution in [0.4, 0.5) is 5.69 Å². The van der Waals surface area contributed by atoms with Crippen LogP contribution in [0.1, 0.15) is 41.6 Å². The van der Waals surface area contributed by atoms with Crippen LogP contribution in [-0.4, -0.2) is 48.9 Å². The van der Waals surface area contributed by atoms with Gasteiger partial charge in [0.25, 0.3) is 5.91 Å². The Morgan fingerprint density at radius 3 is 2.52 bits per heavy atom. The number of nitrogens with one attached hydrogen (secondary N) is 1. The fraction of sp³-hybridized carbons (Fsp3) is 0.417. The van der Waals surface area contributed by atoms with Crippen molar-refractivity contribution in [1.29, 1.82) is 0 Å². The maximum Gasteiger partial charge on any atom is 0.251 e. The molecule has 2 aromatic rings. The monoisotopic (exact) mass is 391 g/mol. The van der Waals surface area contributed by atoms with E-state index in [-0.39, 0.29) is 17.9 Å². The van der Waals surface area contributed by atoms with Crippen molar-refractivity contribution in [3.05, 3.63) is 65.7 Å². The minimum absolute atomic E-state index is 0.0285. The first-order valence-electron chi connectivity index (χ1n) is 10.7. The fourth-order valence-electron chi connectivity index (χ4n) is 4.29. The lowest BCUT2D eigenvalue weighted by molar-refractivity contribution is -0.117. The molecule has 0 unspecified atom stereocenters. The van der Waals surface area contributed by atoms with E-state index in [1.54, 1.807) is 4.90 Å². The summed E-state index contributed by atoms with van der Waals surface area (Å²) in [7, 11) is 0. The van der Waals surface area contributed by atoms with E-state index in [2.05, 4.69) is 34.5 Å². The number of benzene rings is 2. The van der Waals surface area contributed by atoms with E-state index >= 15 is 0 Å². The molecule has 2 amide bonds. The number of carbonyl (C=O) groups excluding carboxylic acids is 2. The number of hydrogen-bond acceptors (Lipinski definition) is 3. The van der Waals surface area contributed by atoms with Crippen LogP contribution in [0.25, 0.3) is 0 Å². The molecule has 2 fully saturated rings. The minimum Gasteiger partial charge on any atom is -0.348 e. The summed E-state index contributed by atoms with van der Waals surface area (Å²) in [6, 6.07) is 18.1. The van der Waals surface area contributed by atoms with Crippen molar-refractivity contribution in [2.24, 2.45) is 0 Å². The van der Waals surface area contributed by atoms with Crippen LogP contribution in [0.15, 0.2) is 54.6 Å². The molecular formula is C24H29N3O2. The van der Waals surface area contributed by atoms with Gasteiger partial charge in [0.2, 0.25) is 5.91 Å². The predicted octanol–water partition coefficient (Wildman–Crippen LogP) is 3.25. The molecule has 0 bridgehead atoms. The lowest BCUT2D eigenvalue weighted by atomic mass is 10.0. The van der Waals surface area contributed by atoms with Gasteiger partial charge in [-0.1, -0.05) is 30.3 Å². The van der Waals surface area contributed by atoms with Gasteiger partial charge in [-0.2, -0.15) is 0 Å². The highest BCUT2D eigenvalue weighted by atomic mass is 16.2. The van der Waals surface area contributed by atoms with Gasteiger partial charge in [-0.3, -0.25) is 9.59 Å². The average molecular weight is 392 g/mol. The van der Waals surface area contributed by atoms with Crippen molar-refractivity contribution >= 4 is 17.5 Å². The van der Waals surface area contributed by atoms with E-state index < -0.39 is 0 Å². The number of carbonyl (C=O) groups is 2. The highest BCUT2D eigenvalue weighted by Crippen LogP contribution is 2.22. The highest BCUT2D eigenvalue weighted by molar-refractivity contribution is 5.97. The van der Waals surface area contributed by atoms with Crippen LogP contribution in [0.3, 0.4) is 0 Å². The molecule has 29 heavy (non-hydrogen) atoms. The second kappa shape index (κ2) is 9.23. The first kappa shape index (κ1) is 19.6. The number of hydrogen-bond donors (Lipinski definition) is 1. The van der Waals surface area contributed by atoms with Crippen molar-refractivity contribution in [2.75, 3.05) is 31.1 Å². The number of rotatable bonds is 6. The summed E-state index contributed by atoms with van der Waals surface area (Å²) < 4.78 is 0. The van der Waals surface area contributed by atoms with Crippen LogP contribution in [-0.2, 0) is 11.2 Å². The average Bonchev–Trinajstić information content (AvgIpc) is 3.19. The summed E-state index contributed by atoms with van der Waals surface area (Å²) >= 11 is 0. The van der Waals surface area contributed by atoms with Crippen molar-refractivity contribution in [2.45, 2.75) is 38.1 Å². The highest BCUT2D eigenvalue weighted by Gasteiger charge is 2.23. The zero-order valence-electron chi connectivity index (χ0n) is 16.8. The first-order valence-corrected chi connectivity index (χ1v) is 10.7. The van der Waals surface area contributed by atoms with E-state index in [0.717, 1.165) is 57.5 Å². The lowest BCUT2D eigenvalue weighted by Crippen LogP contribution is -2.48. The van der Waals surface area contributed by atoms with Crippen molar-refractivity contribution in [3.8, 4) is 0 Å². The van der Waals surface area contributed by atoms with Gasteiger partial charge >= 0.3 is 0 Å². The van der Waals surface area contributed by atoms with E-state index in [4.69, 9.17) is 0 Å². The standard InChI is InChI=1S/C24H29N3O2/c28-23-9-5-16-27(23)22-12-10-20(11-13-22)24(29)25-21-8-4-15-26(18-21)17-14-19-6-2-1-3-7-19/h1-3,6-7,10-13,21H,4-5,8-9,14-18H2,(H,25,29)/t21-/m0/s1. The Morgan fingerprint density at radius 1 is 1.00 bits per heavy atom. The summed E-state index contributed by atoms with van der Waals surface area (Å²) in [4.78, 5) is 28.8. The topological polar surface area (TPSA) is 52.7 Å². The molecule has 1 N–H and O–H groups in total. The summed E-state index contributed by atoms with van der Waals surface area (Å²) in [5, 5.41) is 3.20. The normalized spacial score (nSPS) is 20.1. The molecule has 2 heterocycles. The van der Waals surface area contributed by atoms with Crippen molar-refractivity contribution < 1.29 is 9.59 Å². The van der Waals surface area contributed by atoms with Crippen LogP contribution >= 0.6 is 0 Å². The van der Waals surface area contributed by atoms with E-state index in [1.807, 2.05) is 30.3 Å². The Hall–Kier alpha value is -2.66. The summed E-state index contributed by atoms with van der Waals surface area (Å²) in [5.74, 6) is 0.138. The number of nitrogens with zero attached hydrogens (tertiary/aromatic N) is 2. The number of anilines is 1. The molecule has 5 nitrogen and oxygen atoms in total. The molecule has 1 atom stereocenters. The van der Waals surface area contributed by atoms with Gasteiger partial charge in [0, 0.05) is 43.3 Å². The molecule has 152 valence electrons.